The Hall–Kier alpha value is -0.120. The molecule has 15 heavy (non-hydrogen) atoms. The molecule has 2 unspecified atom stereocenters. The van der Waals surface area contributed by atoms with Crippen LogP contribution in [0.15, 0.2) is 0 Å². The molecule has 0 aromatic heterocycles. The lowest BCUT2D eigenvalue weighted by Crippen LogP contribution is -2.53. The van der Waals surface area contributed by atoms with Gasteiger partial charge in [0.25, 0.3) is 0 Å². The van der Waals surface area contributed by atoms with Crippen LogP contribution in [-0.2, 0) is 4.74 Å². The van der Waals surface area contributed by atoms with E-state index in [1.807, 2.05) is 0 Å². The van der Waals surface area contributed by atoms with Gasteiger partial charge in [0.1, 0.15) is 0 Å². The van der Waals surface area contributed by atoms with Crippen LogP contribution in [0.1, 0.15) is 39.5 Å². The minimum absolute atomic E-state index is 0.110. The van der Waals surface area contributed by atoms with Gasteiger partial charge < -0.3 is 9.84 Å². The SMILES string of the molecule is CC1(C)CC(O)CCN1CC1CCCO1. The molecule has 2 aliphatic rings. The van der Waals surface area contributed by atoms with E-state index >= 15 is 0 Å². The highest BCUT2D eigenvalue weighted by Gasteiger charge is 2.35. The van der Waals surface area contributed by atoms with Crippen LogP contribution in [0.5, 0.6) is 0 Å². The van der Waals surface area contributed by atoms with Gasteiger partial charge >= 0.3 is 0 Å². The van der Waals surface area contributed by atoms with Gasteiger partial charge in [-0.2, -0.15) is 0 Å². The van der Waals surface area contributed by atoms with Gasteiger partial charge in [-0.15, -0.1) is 0 Å². The molecular weight excluding hydrogens is 190 g/mol. The van der Waals surface area contributed by atoms with Crippen LogP contribution in [0.4, 0.5) is 0 Å². The van der Waals surface area contributed by atoms with Crippen molar-refractivity contribution in [1.82, 2.24) is 4.90 Å². The van der Waals surface area contributed by atoms with Gasteiger partial charge in [-0.25, -0.2) is 0 Å². The van der Waals surface area contributed by atoms with E-state index < -0.39 is 0 Å². The molecule has 0 radical (unpaired) electrons. The third kappa shape index (κ3) is 2.71. The van der Waals surface area contributed by atoms with E-state index in [9.17, 15) is 5.11 Å². The Bertz CT molecular complexity index is 212. The molecule has 2 aliphatic heterocycles. The predicted octanol–water partition coefficient (Wildman–Crippen LogP) is 1.40. The fraction of sp³-hybridized carbons (Fsp3) is 1.00. The highest BCUT2D eigenvalue weighted by Crippen LogP contribution is 2.29. The van der Waals surface area contributed by atoms with E-state index in [-0.39, 0.29) is 11.6 Å². The first-order valence-corrected chi connectivity index (χ1v) is 6.13. The zero-order valence-corrected chi connectivity index (χ0v) is 9.91. The number of ether oxygens (including phenoxy) is 1. The number of hydrogen-bond donors (Lipinski definition) is 1. The fourth-order valence-corrected chi connectivity index (χ4v) is 2.79. The first-order chi connectivity index (χ1) is 7.08. The van der Waals surface area contributed by atoms with E-state index in [1.54, 1.807) is 0 Å². The van der Waals surface area contributed by atoms with Crippen molar-refractivity contribution < 1.29 is 9.84 Å². The summed E-state index contributed by atoms with van der Waals surface area (Å²) in [6, 6.07) is 0. The molecule has 0 spiro atoms. The maximum atomic E-state index is 9.67. The zero-order valence-electron chi connectivity index (χ0n) is 9.91. The Balaban J connectivity index is 1.90. The number of hydrogen-bond acceptors (Lipinski definition) is 3. The van der Waals surface area contributed by atoms with Crippen molar-refractivity contribution in [1.29, 1.82) is 0 Å². The lowest BCUT2D eigenvalue weighted by molar-refractivity contribution is -0.0298. The minimum Gasteiger partial charge on any atom is -0.393 e. The standard InChI is InChI=1S/C12H23NO2/c1-12(2)8-10(14)5-6-13(12)9-11-4-3-7-15-11/h10-11,14H,3-9H2,1-2H3. The Morgan fingerprint density at radius 3 is 2.80 bits per heavy atom. The van der Waals surface area contributed by atoms with E-state index in [1.165, 1.54) is 12.8 Å². The molecule has 0 aliphatic carbocycles. The summed E-state index contributed by atoms with van der Waals surface area (Å²) in [5.41, 5.74) is 0.129. The molecule has 0 amide bonds. The minimum atomic E-state index is -0.110. The van der Waals surface area contributed by atoms with Gasteiger partial charge in [-0.1, -0.05) is 0 Å². The molecular formula is C12H23NO2. The largest absolute Gasteiger partial charge is 0.393 e. The monoisotopic (exact) mass is 213 g/mol. The van der Waals surface area contributed by atoms with Gasteiger partial charge in [0.05, 0.1) is 12.2 Å². The zero-order chi connectivity index (χ0) is 10.9. The third-order valence-electron chi connectivity index (χ3n) is 3.77. The molecule has 2 heterocycles. The molecule has 3 nitrogen and oxygen atoms in total. The maximum Gasteiger partial charge on any atom is 0.0703 e. The summed E-state index contributed by atoms with van der Waals surface area (Å²) in [6.07, 6.45) is 4.53. The molecule has 0 saturated carbocycles. The molecule has 88 valence electrons. The molecule has 2 saturated heterocycles. The van der Waals surface area contributed by atoms with Crippen LogP contribution < -0.4 is 0 Å². The second kappa shape index (κ2) is 4.40. The Labute approximate surface area is 92.4 Å². The molecule has 3 heteroatoms. The molecule has 1 N–H and O–H groups in total. The van der Waals surface area contributed by atoms with E-state index in [2.05, 4.69) is 18.7 Å². The molecule has 2 rings (SSSR count). The lowest BCUT2D eigenvalue weighted by atomic mass is 9.88. The summed E-state index contributed by atoms with van der Waals surface area (Å²) >= 11 is 0. The lowest BCUT2D eigenvalue weighted by Gasteiger charge is -2.45. The van der Waals surface area contributed by atoms with Crippen molar-refractivity contribution in [3.05, 3.63) is 0 Å². The molecule has 2 fully saturated rings. The average molecular weight is 213 g/mol. The van der Waals surface area contributed by atoms with E-state index in [4.69, 9.17) is 4.74 Å². The van der Waals surface area contributed by atoms with Crippen LogP contribution in [0.3, 0.4) is 0 Å². The summed E-state index contributed by atoms with van der Waals surface area (Å²) in [7, 11) is 0. The van der Waals surface area contributed by atoms with Gasteiger partial charge in [0.2, 0.25) is 0 Å². The Kier molecular flexibility index (Phi) is 3.33. The molecule has 0 aromatic carbocycles. The number of likely N-dealkylation sites (tertiary alicyclic amines) is 1. The second-order valence-corrected chi connectivity index (χ2v) is 5.54. The van der Waals surface area contributed by atoms with Gasteiger partial charge in [-0.3, -0.25) is 4.90 Å². The normalized spacial score (nSPS) is 37.0. The number of rotatable bonds is 2. The number of piperidine rings is 1. The molecule has 0 bridgehead atoms. The number of aliphatic hydroxyl groups is 1. The average Bonchev–Trinajstić information content (AvgIpc) is 2.61. The third-order valence-corrected chi connectivity index (χ3v) is 3.77. The summed E-state index contributed by atoms with van der Waals surface area (Å²) in [5, 5.41) is 9.67. The number of nitrogens with zero attached hydrogens (tertiary/aromatic N) is 1. The van der Waals surface area contributed by atoms with Crippen molar-refractivity contribution in [3.8, 4) is 0 Å². The predicted molar refractivity (Wildman–Crippen MR) is 59.9 cm³/mol. The van der Waals surface area contributed by atoms with Gasteiger partial charge in [-0.05, 0) is 39.5 Å². The van der Waals surface area contributed by atoms with Crippen molar-refractivity contribution >= 4 is 0 Å². The Morgan fingerprint density at radius 2 is 2.20 bits per heavy atom. The highest BCUT2D eigenvalue weighted by atomic mass is 16.5. The van der Waals surface area contributed by atoms with Crippen molar-refractivity contribution in [2.45, 2.75) is 57.3 Å². The highest BCUT2D eigenvalue weighted by molar-refractivity contribution is 4.90. The summed E-state index contributed by atoms with van der Waals surface area (Å²) < 4.78 is 5.67. The van der Waals surface area contributed by atoms with Crippen LogP contribution in [0.2, 0.25) is 0 Å². The van der Waals surface area contributed by atoms with Gasteiger partial charge in [0.15, 0.2) is 0 Å². The smallest absolute Gasteiger partial charge is 0.0703 e. The second-order valence-electron chi connectivity index (χ2n) is 5.54. The van der Waals surface area contributed by atoms with Crippen molar-refractivity contribution in [3.63, 3.8) is 0 Å². The van der Waals surface area contributed by atoms with Crippen LogP contribution in [-0.4, -0.2) is 47.4 Å². The van der Waals surface area contributed by atoms with Gasteiger partial charge in [0, 0.05) is 25.2 Å². The Morgan fingerprint density at radius 1 is 1.40 bits per heavy atom. The van der Waals surface area contributed by atoms with Crippen LogP contribution in [0.25, 0.3) is 0 Å². The topological polar surface area (TPSA) is 32.7 Å². The van der Waals surface area contributed by atoms with Crippen molar-refractivity contribution in [2.75, 3.05) is 19.7 Å². The molecule has 0 aromatic rings. The summed E-state index contributed by atoms with van der Waals surface area (Å²) in [4.78, 5) is 2.48. The summed E-state index contributed by atoms with van der Waals surface area (Å²) in [6.45, 7) is 7.43. The number of aliphatic hydroxyl groups excluding tert-OH is 1. The van der Waals surface area contributed by atoms with E-state index in [0.717, 1.165) is 32.5 Å². The molecule has 2 atom stereocenters. The van der Waals surface area contributed by atoms with E-state index in [0.29, 0.717) is 6.10 Å². The van der Waals surface area contributed by atoms with Crippen molar-refractivity contribution in [2.24, 2.45) is 0 Å². The summed E-state index contributed by atoms with van der Waals surface area (Å²) in [5.74, 6) is 0. The van der Waals surface area contributed by atoms with Crippen LogP contribution >= 0.6 is 0 Å². The first-order valence-electron chi connectivity index (χ1n) is 6.13. The first kappa shape index (κ1) is 11.4. The maximum absolute atomic E-state index is 9.67. The quantitative estimate of drug-likeness (QED) is 0.752. The van der Waals surface area contributed by atoms with Crippen LogP contribution in [0, 0.1) is 0 Å². The fourth-order valence-electron chi connectivity index (χ4n) is 2.79.